The molecule has 24 heavy (non-hydrogen) atoms. The summed E-state index contributed by atoms with van der Waals surface area (Å²) in [6.07, 6.45) is 4.74. The van der Waals surface area contributed by atoms with Gasteiger partial charge in [-0.2, -0.15) is 0 Å². The molecule has 5 nitrogen and oxygen atoms in total. The summed E-state index contributed by atoms with van der Waals surface area (Å²) in [6, 6.07) is 4.50. The van der Waals surface area contributed by atoms with Gasteiger partial charge in [-0.1, -0.05) is 6.92 Å². The molecule has 3 rings (SSSR count). The van der Waals surface area contributed by atoms with E-state index in [1.165, 1.54) is 12.1 Å². The van der Waals surface area contributed by atoms with E-state index in [0.29, 0.717) is 12.6 Å². The maximum atomic E-state index is 13.4. The Labute approximate surface area is 140 Å². The van der Waals surface area contributed by atoms with E-state index in [1.54, 1.807) is 12.4 Å². The van der Waals surface area contributed by atoms with Gasteiger partial charge in [0.1, 0.15) is 12.2 Å². The molecule has 7 heteroatoms. The zero-order valence-corrected chi connectivity index (χ0v) is 13.9. The number of aromatic nitrogens is 3. The van der Waals surface area contributed by atoms with Gasteiger partial charge in [0.25, 0.3) is 0 Å². The predicted molar refractivity (Wildman–Crippen MR) is 88.7 cm³/mol. The van der Waals surface area contributed by atoms with Crippen molar-refractivity contribution in [3.8, 4) is 0 Å². The molecular weight excluding hydrogens is 312 g/mol. The Balaban J connectivity index is 1.50. The number of nitrogens with one attached hydrogen (secondary N) is 1. The van der Waals surface area contributed by atoms with E-state index >= 15 is 0 Å². The van der Waals surface area contributed by atoms with E-state index in [-0.39, 0.29) is 0 Å². The largest absolute Gasteiger partial charge is 0.371 e. The Hall–Kier alpha value is -2.02. The molecule has 0 amide bonds. The lowest BCUT2D eigenvalue weighted by Gasteiger charge is -2.34. The van der Waals surface area contributed by atoms with Gasteiger partial charge >= 0.3 is 0 Å². The molecule has 0 bridgehead atoms. The summed E-state index contributed by atoms with van der Waals surface area (Å²) in [5, 5.41) is 11.7. The molecule has 130 valence electrons. The molecule has 0 atom stereocenters. The second-order valence-corrected chi connectivity index (χ2v) is 6.18. The molecule has 0 saturated carbocycles. The number of halogens is 2. The van der Waals surface area contributed by atoms with Crippen molar-refractivity contribution < 1.29 is 8.78 Å². The highest BCUT2D eigenvalue weighted by Gasteiger charge is 2.20. The van der Waals surface area contributed by atoms with Crippen LogP contribution in [0.15, 0.2) is 24.5 Å². The van der Waals surface area contributed by atoms with Crippen LogP contribution in [-0.4, -0.2) is 33.9 Å². The number of piperidine rings is 1. The number of nitrogens with zero attached hydrogens (tertiary/aromatic N) is 4. The normalized spacial score (nSPS) is 15.9. The van der Waals surface area contributed by atoms with Crippen molar-refractivity contribution >= 4 is 5.69 Å². The van der Waals surface area contributed by atoms with E-state index in [0.717, 1.165) is 50.4 Å². The molecule has 1 aromatic carbocycles. The van der Waals surface area contributed by atoms with Crippen LogP contribution < -0.4 is 10.2 Å². The highest BCUT2D eigenvalue weighted by atomic mass is 19.2. The second-order valence-electron chi connectivity index (χ2n) is 6.18. The van der Waals surface area contributed by atoms with Gasteiger partial charge in [-0.15, -0.1) is 10.2 Å². The zero-order chi connectivity index (χ0) is 16.9. The molecule has 1 aliphatic heterocycles. The van der Waals surface area contributed by atoms with Crippen LogP contribution >= 0.6 is 0 Å². The van der Waals surface area contributed by atoms with Crippen molar-refractivity contribution in [3.63, 3.8) is 0 Å². The van der Waals surface area contributed by atoms with Crippen LogP contribution in [0.2, 0.25) is 0 Å². The lowest BCUT2D eigenvalue weighted by molar-refractivity contribution is 0.404. The lowest BCUT2D eigenvalue weighted by Crippen LogP contribution is -2.42. The van der Waals surface area contributed by atoms with Gasteiger partial charge in [-0.3, -0.25) is 0 Å². The van der Waals surface area contributed by atoms with Crippen LogP contribution in [0.1, 0.15) is 32.0 Å². The first-order valence-corrected chi connectivity index (χ1v) is 8.47. The van der Waals surface area contributed by atoms with E-state index in [9.17, 15) is 8.78 Å². The number of hydrogen-bond acceptors (Lipinski definition) is 4. The lowest BCUT2D eigenvalue weighted by atomic mass is 10.0. The molecule has 1 aromatic heterocycles. The van der Waals surface area contributed by atoms with Crippen molar-refractivity contribution in [2.75, 3.05) is 18.0 Å². The molecule has 2 aromatic rings. The number of anilines is 1. The molecule has 0 aliphatic carbocycles. The summed E-state index contributed by atoms with van der Waals surface area (Å²) in [4.78, 5) is 2.10. The summed E-state index contributed by atoms with van der Waals surface area (Å²) in [5.41, 5.74) is 0.745. The molecule has 1 aliphatic rings. The van der Waals surface area contributed by atoms with Gasteiger partial charge in [0, 0.05) is 37.4 Å². The molecule has 1 N–H and O–H groups in total. The first-order valence-electron chi connectivity index (χ1n) is 8.47. The maximum Gasteiger partial charge on any atom is 0.160 e. The molecule has 0 spiro atoms. The van der Waals surface area contributed by atoms with Crippen LogP contribution in [0.4, 0.5) is 14.5 Å². The minimum atomic E-state index is -0.800. The summed E-state index contributed by atoms with van der Waals surface area (Å²) >= 11 is 0. The third-order valence-electron chi connectivity index (χ3n) is 4.47. The van der Waals surface area contributed by atoms with Gasteiger partial charge in [-0.05, 0) is 31.4 Å². The first-order chi connectivity index (χ1) is 11.7. The second kappa shape index (κ2) is 7.70. The highest BCUT2D eigenvalue weighted by Crippen LogP contribution is 2.22. The van der Waals surface area contributed by atoms with E-state index in [2.05, 4.69) is 31.9 Å². The highest BCUT2D eigenvalue weighted by molar-refractivity contribution is 5.47. The monoisotopic (exact) mass is 335 g/mol. The van der Waals surface area contributed by atoms with Crippen molar-refractivity contribution in [2.24, 2.45) is 0 Å². The van der Waals surface area contributed by atoms with E-state index in [4.69, 9.17) is 0 Å². The Bertz CT molecular complexity index is 665. The van der Waals surface area contributed by atoms with Gasteiger partial charge < -0.3 is 14.8 Å². The fourth-order valence-corrected chi connectivity index (χ4v) is 3.10. The SMILES string of the molecule is CCCn1cnnc1CNC1CCN(c2ccc(F)c(F)c2)CC1. The molecule has 1 fully saturated rings. The first kappa shape index (κ1) is 16.8. The topological polar surface area (TPSA) is 46.0 Å². The average molecular weight is 335 g/mol. The van der Waals surface area contributed by atoms with Crippen LogP contribution in [0.3, 0.4) is 0 Å². The summed E-state index contributed by atoms with van der Waals surface area (Å²) < 4.78 is 28.5. The van der Waals surface area contributed by atoms with Crippen molar-refractivity contribution in [1.82, 2.24) is 20.1 Å². The van der Waals surface area contributed by atoms with Gasteiger partial charge in [0.15, 0.2) is 11.6 Å². The van der Waals surface area contributed by atoms with Crippen molar-refractivity contribution in [1.29, 1.82) is 0 Å². The van der Waals surface area contributed by atoms with Gasteiger partial charge in [0.2, 0.25) is 0 Å². The summed E-state index contributed by atoms with van der Waals surface area (Å²) in [7, 11) is 0. The Morgan fingerprint density at radius 3 is 2.71 bits per heavy atom. The van der Waals surface area contributed by atoms with E-state index < -0.39 is 11.6 Å². The Morgan fingerprint density at radius 2 is 2.00 bits per heavy atom. The zero-order valence-electron chi connectivity index (χ0n) is 13.9. The molecule has 0 radical (unpaired) electrons. The van der Waals surface area contributed by atoms with Crippen LogP contribution in [0.5, 0.6) is 0 Å². The smallest absolute Gasteiger partial charge is 0.160 e. The van der Waals surface area contributed by atoms with Crippen molar-refractivity contribution in [2.45, 2.75) is 45.3 Å². The fourth-order valence-electron chi connectivity index (χ4n) is 3.10. The standard InChI is InChI=1S/C17H23F2N5/c1-2-7-24-12-21-22-17(24)11-20-13-5-8-23(9-6-13)14-3-4-15(18)16(19)10-14/h3-4,10,12-13,20H,2,5-9,11H2,1H3. The van der Waals surface area contributed by atoms with Crippen LogP contribution in [-0.2, 0) is 13.1 Å². The minimum absolute atomic E-state index is 0.401. The van der Waals surface area contributed by atoms with E-state index in [1.807, 2.05) is 0 Å². The number of rotatable bonds is 6. The van der Waals surface area contributed by atoms with Crippen LogP contribution in [0.25, 0.3) is 0 Å². The summed E-state index contributed by atoms with van der Waals surface area (Å²) in [6.45, 7) is 5.41. The van der Waals surface area contributed by atoms with Gasteiger partial charge in [0.05, 0.1) is 6.54 Å². The quantitative estimate of drug-likeness (QED) is 0.882. The van der Waals surface area contributed by atoms with Gasteiger partial charge in [-0.25, -0.2) is 8.78 Å². The molecule has 2 heterocycles. The molecule has 0 unspecified atom stereocenters. The maximum absolute atomic E-state index is 13.4. The number of aryl methyl sites for hydroxylation is 1. The minimum Gasteiger partial charge on any atom is -0.371 e. The van der Waals surface area contributed by atoms with Crippen molar-refractivity contribution in [3.05, 3.63) is 42.0 Å². The molecular formula is C17H23F2N5. The third kappa shape index (κ3) is 3.90. The average Bonchev–Trinajstić information content (AvgIpc) is 3.04. The summed E-state index contributed by atoms with van der Waals surface area (Å²) in [5.74, 6) is -0.630. The Kier molecular flexibility index (Phi) is 5.40. The molecule has 1 saturated heterocycles. The third-order valence-corrected chi connectivity index (χ3v) is 4.47. The fraction of sp³-hybridized carbons (Fsp3) is 0.529. The predicted octanol–water partition coefficient (Wildman–Crippen LogP) is 2.72. The number of hydrogen-bond donors (Lipinski definition) is 1. The van der Waals surface area contributed by atoms with Crippen LogP contribution in [0, 0.1) is 11.6 Å². The Morgan fingerprint density at radius 1 is 1.21 bits per heavy atom. The number of benzene rings is 1.